The van der Waals surface area contributed by atoms with Crippen molar-refractivity contribution in [3.63, 3.8) is 0 Å². The molecule has 1 atom stereocenters. The maximum absolute atomic E-state index is 10.9. The lowest BCUT2D eigenvalue weighted by molar-refractivity contribution is 0.0690. The van der Waals surface area contributed by atoms with Gasteiger partial charge in [0.05, 0.1) is 0 Å². The van der Waals surface area contributed by atoms with E-state index in [9.17, 15) is 4.79 Å². The molecule has 0 spiro atoms. The Kier molecular flexibility index (Phi) is 4.15. The van der Waals surface area contributed by atoms with Crippen molar-refractivity contribution in [3.05, 3.63) is 23.9 Å². The largest absolute Gasteiger partial charge is 0.477 e. The number of rotatable bonds is 4. The highest BCUT2D eigenvalue weighted by Gasteiger charge is 2.20. The molecule has 5 nitrogen and oxygen atoms in total. The zero-order valence-electron chi connectivity index (χ0n) is 10.6. The van der Waals surface area contributed by atoms with Gasteiger partial charge in [0.15, 0.2) is 5.69 Å². The third-order valence-electron chi connectivity index (χ3n) is 3.29. The molecule has 98 valence electrons. The summed E-state index contributed by atoms with van der Waals surface area (Å²) in [5.74, 6) is 0.412. The van der Waals surface area contributed by atoms with E-state index in [0.29, 0.717) is 5.92 Å². The quantitative estimate of drug-likeness (QED) is 0.840. The van der Waals surface area contributed by atoms with Crippen LogP contribution in [0.25, 0.3) is 0 Å². The van der Waals surface area contributed by atoms with Gasteiger partial charge in [0.1, 0.15) is 5.82 Å². The van der Waals surface area contributed by atoms with Crippen molar-refractivity contribution in [1.29, 1.82) is 0 Å². The smallest absolute Gasteiger partial charge is 0.354 e. The minimum atomic E-state index is -0.972. The minimum absolute atomic E-state index is 0.114. The van der Waals surface area contributed by atoms with E-state index in [0.717, 1.165) is 31.9 Å². The molecule has 0 amide bonds. The van der Waals surface area contributed by atoms with Gasteiger partial charge in [0.25, 0.3) is 0 Å². The number of anilines is 1. The fourth-order valence-corrected chi connectivity index (χ4v) is 2.45. The second-order valence-electron chi connectivity index (χ2n) is 4.70. The number of carbonyl (C=O) groups is 1. The molecule has 0 bridgehead atoms. The third kappa shape index (κ3) is 2.98. The Morgan fingerprint density at radius 2 is 2.44 bits per heavy atom. The maximum Gasteiger partial charge on any atom is 0.354 e. The maximum atomic E-state index is 10.9. The summed E-state index contributed by atoms with van der Waals surface area (Å²) in [4.78, 5) is 17.3. The van der Waals surface area contributed by atoms with Crippen LogP contribution in [0.4, 0.5) is 5.82 Å². The van der Waals surface area contributed by atoms with Gasteiger partial charge in [0, 0.05) is 13.1 Å². The van der Waals surface area contributed by atoms with Crippen LogP contribution in [-0.2, 0) is 0 Å². The Morgan fingerprint density at radius 3 is 3.17 bits per heavy atom. The Balaban J connectivity index is 2.10. The van der Waals surface area contributed by atoms with Crippen LogP contribution in [0.3, 0.4) is 0 Å². The molecule has 2 heterocycles. The number of piperidine rings is 1. The summed E-state index contributed by atoms with van der Waals surface area (Å²) in [7, 11) is 1.96. The fraction of sp³-hybridized carbons (Fsp3) is 0.538. The first kappa shape index (κ1) is 12.8. The van der Waals surface area contributed by atoms with Gasteiger partial charge in [-0.2, -0.15) is 0 Å². The molecule has 0 radical (unpaired) electrons. The predicted octanol–water partition coefficient (Wildman–Crippen LogP) is 1.22. The summed E-state index contributed by atoms with van der Waals surface area (Å²) < 4.78 is 0. The van der Waals surface area contributed by atoms with Crippen molar-refractivity contribution in [3.8, 4) is 0 Å². The van der Waals surface area contributed by atoms with E-state index in [4.69, 9.17) is 5.11 Å². The number of hydrogen-bond donors (Lipinski definition) is 2. The van der Waals surface area contributed by atoms with Crippen molar-refractivity contribution in [2.24, 2.45) is 5.92 Å². The Morgan fingerprint density at radius 1 is 1.61 bits per heavy atom. The molecule has 2 rings (SSSR count). The minimum Gasteiger partial charge on any atom is -0.477 e. The predicted molar refractivity (Wildman–Crippen MR) is 70.1 cm³/mol. The monoisotopic (exact) mass is 249 g/mol. The molecule has 1 aromatic heterocycles. The molecule has 1 fully saturated rings. The molecular formula is C13H19N3O2. The number of carboxylic acid groups (broad SMARTS) is 1. The highest BCUT2D eigenvalue weighted by molar-refractivity contribution is 5.85. The molecule has 1 unspecified atom stereocenters. The lowest BCUT2D eigenvalue weighted by atomic mass is 9.98. The van der Waals surface area contributed by atoms with Gasteiger partial charge >= 0.3 is 5.97 Å². The summed E-state index contributed by atoms with van der Waals surface area (Å²) in [6, 6.07) is 5.17. The number of nitrogens with zero attached hydrogens (tertiary/aromatic N) is 2. The fourth-order valence-electron chi connectivity index (χ4n) is 2.45. The lowest BCUT2D eigenvalue weighted by Crippen LogP contribution is -2.39. The van der Waals surface area contributed by atoms with E-state index in [2.05, 4.69) is 15.2 Å². The van der Waals surface area contributed by atoms with Gasteiger partial charge < -0.3 is 15.3 Å². The van der Waals surface area contributed by atoms with Crippen molar-refractivity contribution in [1.82, 2.24) is 10.3 Å². The SMILES string of the molecule is CNCC1CCCN(c2cccc(C(=O)O)n2)C1. The molecular weight excluding hydrogens is 230 g/mol. The number of aromatic nitrogens is 1. The van der Waals surface area contributed by atoms with E-state index in [1.165, 1.54) is 12.5 Å². The van der Waals surface area contributed by atoms with Crippen molar-refractivity contribution < 1.29 is 9.90 Å². The number of aromatic carboxylic acids is 1. The van der Waals surface area contributed by atoms with Crippen LogP contribution in [0.2, 0.25) is 0 Å². The average Bonchev–Trinajstić information content (AvgIpc) is 2.39. The van der Waals surface area contributed by atoms with Crippen molar-refractivity contribution in [2.75, 3.05) is 31.6 Å². The van der Waals surface area contributed by atoms with Crippen LogP contribution in [0.5, 0.6) is 0 Å². The number of nitrogens with one attached hydrogen (secondary N) is 1. The summed E-state index contributed by atoms with van der Waals surface area (Å²) >= 11 is 0. The van der Waals surface area contributed by atoms with E-state index < -0.39 is 5.97 Å². The summed E-state index contributed by atoms with van der Waals surface area (Å²) in [6.45, 7) is 2.89. The Hall–Kier alpha value is -1.62. The number of carboxylic acids is 1. The molecule has 2 N–H and O–H groups in total. The topological polar surface area (TPSA) is 65.5 Å². The van der Waals surface area contributed by atoms with Gasteiger partial charge in [-0.1, -0.05) is 6.07 Å². The highest BCUT2D eigenvalue weighted by Crippen LogP contribution is 2.21. The zero-order chi connectivity index (χ0) is 13.0. The molecule has 0 aliphatic carbocycles. The summed E-state index contributed by atoms with van der Waals surface area (Å²) in [5.41, 5.74) is 0.114. The van der Waals surface area contributed by atoms with Gasteiger partial charge in [-0.3, -0.25) is 0 Å². The van der Waals surface area contributed by atoms with E-state index in [1.54, 1.807) is 6.07 Å². The van der Waals surface area contributed by atoms with Gasteiger partial charge in [-0.05, 0) is 44.5 Å². The van der Waals surface area contributed by atoms with Crippen LogP contribution in [-0.4, -0.2) is 42.7 Å². The van der Waals surface area contributed by atoms with Gasteiger partial charge in [-0.15, -0.1) is 0 Å². The van der Waals surface area contributed by atoms with Crippen LogP contribution in [0.15, 0.2) is 18.2 Å². The number of pyridine rings is 1. The highest BCUT2D eigenvalue weighted by atomic mass is 16.4. The first-order valence-corrected chi connectivity index (χ1v) is 6.30. The standard InChI is InChI=1S/C13H19N3O2/c1-14-8-10-4-3-7-16(9-10)12-6-2-5-11(15-12)13(17)18/h2,5-6,10,14H,3-4,7-9H2,1H3,(H,17,18). The van der Waals surface area contributed by atoms with Gasteiger partial charge in [0.2, 0.25) is 0 Å². The van der Waals surface area contributed by atoms with Crippen LogP contribution < -0.4 is 10.2 Å². The van der Waals surface area contributed by atoms with Crippen LogP contribution >= 0.6 is 0 Å². The van der Waals surface area contributed by atoms with E-state index in [-0.39, 0.29) is 5.69 Å². The first-order valence-electron chi connectivity index (χ1n) is 6.30. The zero-order valence-corrected chi connectivity index (χ0v) is 10.6. The molecule has 18 heavy (non-hydrogen) atoms. The van der Waals surface area contributed by atoms with E-state index >= 15 is 0 Å². The second kappa shape index (κ2) is 5.82. The Bertz CT molecular complexity index is 420. The molecule has 0 saturated carbocycles. The molecule has 1 saturated heterocycles. The number of hydrogen-bond acceptors (Lipinski definition) is 4. The molecule has 5 heteroatoms. The average molecular weight is 249 g/mol. The Labute approximate surface area is 107 Å². The molecule has 1 aromatic rings. The summed E-state index contributed by atoms with van der Waals surface area (Å²) in [6.07, 6.45) is 2.35. The van der Waals surface area contributed by atoms with Crippen molar-refractivity contribution >= 4 is 11.8 Å². The van der Waals surface area contributed by atoms with Crippen LogP contribution in [0, 0.1) is 5.92 Å². The second-order valence-corrected chi connectivity index (χ2v) is 4.70. The van der Waals surface area contributed by atoms with Crippen molar-refractivity contribution in [2.45, 2.75) is 12.8 Å². The lowest BCUT2D eigenvalue weighted by Gasteiger charge is -2.33. The van der Waals surface area contributed by atoms with Gasteiger partial charge in [-0.25, -0.2) is 9.78 Å². The first-order chi connectivity index (χ1) is 8.70. The van der Waals surface area contributed by atoms with E-state index in [1.807, 2.05) is 13.1 Å². The molecule has 1 aliphatic rings. The van der Waals surface area contributed by atoms with Crippen LogP contribution in [0.1, 0.15) is 23.3 Å². The third-order valence-corrected chi connectivity index (χ3v) is 3.29. The molecule has 1 aliphatic heterocycles. The summed E-state index contributed by atoms with van der Waals surface area (Å²) in [5, 5.41) is 12.2. The molecule has 0 aromatic carbocycles. The normalized spacial score (nSPS) is 19.8.